The van der Waals surface area contributed by atoms with E-state index in [4.69, 9.17) is 4.74 Å². The van der Waals surface area contributed by atoms with Crippen LogP contribution in [0.4, 0.5) is 0 Å². The van der Waals surface area contributed by atoms with E-state index in [1.54, 1.807) is 7.05 Å². The summed E-state index contributed by atoms with van der Waals surface area (Å²) in [6.07, 6.45) is 0.0815. The summed E-state index contributed by atoms with van der Waals surface area (Å²) in [4.78, 5) is 11.3. The molecule has 78 valence electrons. The lowest BCUT2D eigenvalue weighted by atomic mass is 10.3. The van der Waals surface area contributed by atoms with Crippen LogP contribution < -0.4 is 10.6 Å². The smallest absolute Gasteiger partial charge is 0.236 e. The van der Waals surface area contributed by atoms with Crippen LogP contribution in [0.25, 0.3) is 0 Å². The molecule has 0 saturated heterocycles. The Morgan fingerprint density at radius 1 is 1.46 bits per heavy atom. The van der Waals surface area contributed by atoms with E-state index in [2.05, 4.69) is 10.6 Å². The molecular formula is C9H20N2O2. The summed E-state index contributed by atoms with van der Waals surface area (Å²) in [6.45, 7) is 6.94. The molecule has 2 N–H and O–H groups in total. The molecule has 0 heterocycles. The van der Waals surface area contributed by atoms with Crippen LogP contribution in [0.3, 0.4) is 0 Å². The molecular weight excluding hydrogens is 168 g/mol. The number of likely N-dealkylation sites (N-methyl/N-ethyl adjacent to an activating group) is 1. The van der Waals surface area contributed by atoms with Gasteiger partial charge in [0.25, 0.3) is 0 Å². The fraction of sp³-hybridized carbons (Fsp3) is 0.889. The van der Waals surface area contributed by atoms with E-state index in [1.165, 1.54) is 0 Å². The predicted molar refractivity (Wildman–Crippen MR) is 52.6 cm³/mol. The predicted octanol–water partition coefficient (Wildman–Crippen LogP) is 0.136. The second-order valence-electron chi connectivity index (χ2n) is 3.02. The Hall–Kier alpha value is -0.610. The monoisotopic (exact) mass is 188 g/mol. The number of carbonyl (C=O) groups excluding carboxylic acids is 1. The molecule has 0 aliphatic heterocycles. The van der Waals surface area contributed by atoms with Crippen molar-refractivity contribution < 1.29 is 9.53 Å². The van der Waals surface area contributed by atoms with Crippen molar-refractivity contribution in [2.45, 2.75) is 32.9 Å². The summed E-state index contributed by atoms with van der Waals surface area (Å²) in [6, 6.07) is -0.145. The second-order valence-corrected chi connectivity index (χ2v) is 3.02. The Morgan fingerprint density at radius 3 is 2.54 bits per heavy atom. The zero-order valence-electron chi connectivity index (χ0n) is 8.89. The van der Waals surface area contributed by atoms with Gasteiger partial charge in [0.05, 0.1) is 12.1 Å². The standard InChI is InChI=1S/C9H20N2O2/c1-5-13-7(2)6-11-9(12)8(3)10-4/h7-8,10H,5-6H2,1-4H3,(H,11,12). The second kappa shape index (κ2) is 6.86. The Labute approximate surface area is 80.0 Å². The average Bonchev–Trinajstić information content (AvgIpc) is 2.13. The van der Waals surface area contributed by atoms with E-state index < -0.39 is 0 Å². The van der Waals surface area contributed by atoms with Gasteiger partial charge in [0.1, 0.15) is 0 Å². The molecule has 0 saturated carbocycles. The highest BCUT2D eigenvalue weighted by Gasteiger charge is 2.10. The number of nitrogens with one attached hydrogen (secondary N) is 2. The van der Waals surface area contributed by atoms with Gasteiger partial charge in [-0.05, 0) is 27.8 Å². The number of amides is 1. The Bertz CT molecular complexity index is 151. The van der Waals surface area contributed by atoms with Crippen LogP contribution in [-0.2, 0) is 9.53 Å². The third-order valence-corrected chi connectivity index (χ3v) is 1.84. The zero-order chi connectivity index (χ0) is 10.3. The minimum atomic E-state index is -0.145. The SMILES string of the molecule is CCOC(C)CNC(=O)C(C)NC. The van der Waals surface area contributed by atoms with Gasteiger partial charge >= 0.3 is 0 Å². The lowest BCUT2D eigenvalue weighted by Gasteiger charge is -2.15. The summed E-state index contributed by atoms with van der Waals surface area (Å²) >= 11 is 0. The first-order valence-corrected chi connectivity index (χ1v) is 4.68. The third-order valence-electron chi connectivity index (χ3n) is 1.84. The minimum Gasteiger partial charge on any atom is -0.377 e. The molecule has 0 aliphatic rings. The topological polar surface area (TPSA) is 50.4 Å². The number of ether oxygens (including phenoxy) is 1. The van der Waals surface area contributed by atoms with Gasteiger partial charge < -0.3 is 15.4 Å². The molecule has 0 aliphatic carbocycles. The van der Waals surface area contributed by atoms with Gasteiger partial charge in [-0.15, -0.1) is 0 Å². The van der Waals surface area contributed by atoms with Gasteiger partial charge in [0.2, 0.25) is 5.91 Å². The molecule has 0 aromatic carbocycles. The molecule has 2 unspecified atom stereocenters. The quantitative estimate of drug-likeness (QED) is 0.623. The highest BCUT2D eigenvalue weighted by molar-refractivity contribution is 5.81. The molecule has 0 aromatic rings. The van der Waals surface area contributed by atoms with E-state index in [0.717, 1.165) is 0 Å². The van der Waals surface area contributed by atoms with Crippen molar-refractivity contribution in [1.82, 2.24) is 10.6 Å². The average molecular weight is 188 g/mol. The largest absolute Gasteiger partial charge is 0.377 e. The van der Waals surface area contributed by atoms with Crippen molar-refractivity contribution in [3.8, 4) is 0 Å². The van der Waals surface area contributed by atoms with Gasteiger partial charge in [-0.3, -0.25) is 4.79 Å². The van der Waals surface area contributed by atoms with E-state index in [0.29, 0.717) is 13.2 Å². The van der Waals surface area contributed by atoms with E-state index in [9.17, 15) is 4.79 Å². The lowest BCUT2D eigenvalue weighted by Crippen LogP contribution is -2.43. The van der Waals surface area contributed by atoms with Crippen molar-refractivity contribution in [3.05, 3.63) is 0 Å². The van der Waals surface area contributed by atoms with Gasteiger partial charge in [-0.1, -0.05) is 0 Å². The van der Waals surface area contributed by atoms with Crippen molar-refractivity contribution in [2.75, 3.05) is 20.2 Å². The first kappa shape index (κ1) is 12.4. The van der Waals surface area contributed by atoms with Crippen LogP contribution >= 0.6 is 0 Å². The lowest BCUT2D eigenvalue weighted by molar-refractivity contribution is -0.123. The van der Waals surface area contributed by atoms with Crippen LogP contribution in [0, 0.1) is 0 Å². The van der Waals surface area contributed by atoms with Crippen LogP contribution in [0.5, 0.6) is 0 Å². The molecule has 0 radical (unpaired) electrons. The molecule has 13 heavy (non-hydrogen) atoms. The molecule has 0 bridgehead atoms. The molecule has 2 atom stereocenters. The third kappa shape index (κ3) is 5.60. The summed E-state index contributed by atoms with van der Waals surface area (Å²) < 4.78 is 5.27. The van der Waals surface area contributed by atoms with E-state index in [-0.39, 0.29) is 18.1 Å². The number of hydrogen-bond donors (Lipinski definition) is 2. The van der Waals surface area contributed by atoms with Gasteiger partial charge in [-0.2, -0.15) is 0 Å². The van der Waals surface area contributed by atoms with Crippen LogP contribution in [0.1, 0.15) is 20.8 Å². The highest BCUT2D eigenvalue weighted by atomic mass is 16.5. The number of hydrogen-bond acceptors (Lipinski definition) is 3. The maximum Gasteiger partial charge on any atom is 0.236 e. The summed E-state index contributed by atoms with van der Waals surface area (Å²) in [5.41, 5.74) is 0. The Kier molecular flexibility index (Phi) is 6.54. The molecule has 0 aromatic heterocycles. The normalized spacial score (nSPS) is 15.1. The summed E-state index contributed by atoms with van der Waals surface area (Å²) in [5.74, 6) is 0.00838. The maximum absolute atomic E-state index is 11.3. The summed E-state index contributed by atoms with van der Waals surface area (Å²) in [5, 5.41) is 5.66. The molecule has 1 amide bonds. The van der Waals surface area contributed by atoms with Crippen molar-refractivity contribution >= 4 is 5.91 Å². The van der Waals surface area contributed by atoms with Crippen LogP contribution in [-0.4, -0.2) is 38.3 Å². The summed E-state index contributed by atoms with van der Waals surface area (Å²) in [7, 11) is 1.76. The van der Waals surface area contributed by atoms with Crippen molar-refractivity contribution in [2.24, 2.45) is 0 Å². The number of carbonyl (C=O) groups is 1. The Morgan fingerprint density at radius 2 is 2.08 bits per heavy atom. The zero-order valence-corrected chi connectivity index (χ0v) is 8.89. The van der Waals surface area contributed by atoms with Gasteiger partial charge in [-0.25, -0.2) is 0 Å². The van der Waals surface area contributed by atoms with E-state index >= 15 is 0 Å². The maximum atomic E-state index is 11.3. The molecule has 4 nitrogen and oxygen atoms in total. The number of rotatable bonds is 6. The van der Waals surface area contributed by atoms with Gasteiger partial charge in [0, 0.05) is 13.2 Å². The van der Waals surface area contributed by atoms with Crippen molar-refractivity contribution in [1.29, 1.82) is 0 Å². The fourth-order valence-corrected chi connectivity index (χ4v) is 0.872. The van der Waals surface area contributed by atoms with Gasteiger partial charge in [0.15, 0.2) is 0 Å². The first-order chi connectivity index (χ1) is 6.11. The van der Waals surface area contributed by atoms with Crippen LogP contribution in [0.2, 0.25) is 0 Å². The highest BCUT2D eigenvalue weighted by Crippen LogP contribution is 1.88. The van der Waals surface area contributed by atoms with E-state index in [1.807, 2.05) is 20.8 Å². The fourth-order valence-electron chi connectivity index (χ4n) is 0.872. The molecule has 0 rings (SSSR count). The molecule has 4 heteroatoms. The minimum absolute atomic E-state index is 0.00838. The van der Waals surface area contributed by atoms with Crippen molar-refractivity contribution in [3.63, 3.8) is 0 Å². The molecule has 0 spiro atoms. The molecule has 0 fully saturated rings. The van der Waals surface area contributed by atoms with Crippen LogP contribution in [0.15, 0.2) is 0 Å². The first-order valence-electron chi connectivity index (χ1n) is 4.68. The Balaban J connectivity index is 3.57.